The molecule has 26 heavy (non-hydrogen) atoms. The van der Waals surface area contributed by atoms with Crippen LogP contribution in [0.4, 0.5) is 0 Å². The Morgan fingerprint density at radius 1 is 0.769 bits per heavy atom. The van der Waals surface area contributed by atoms with Crippen LogP contribution in [0.15, 0.2) is 12.1 Å². The normalized spacial score (nSPS) is 24.7. The first-order valence-electron chi connectivity index (χ1n) is 10.2. The predicted octanol–water partition coefficient (Wildman–Crippen LogP) is 0.719. The fourth-order valence-corrected chi connectivity index (χ4v) is 4.70. The summed E-state index contributed by atoms with van der Waals surface area (Å²) in [5.74, 6) is 2.41. The number of hydrogen-bond donors (Lipinski definition) is 2. The molecule has 2 fully saturated rings. The third-order valence-electron chi connectivity index (χ3n) is 6.26. The maximum absolute atomic E-state index is 5.60. The minimum Gasteiger partial charge on any atom is -0.496 e. The summed E-state index contributed by atoms with van der Waals surface area (Å²) < 4.78 is 16.5. The van der Waals surface area contributed by atoms with Crippen LogP contribution in [0.25, 0.3) is 0 Å². The number of hydrogen-bond acceptors (Lipinski definition) is 3. The highest BCUT2D eigenvalue weighted by atomic mass is 16.5. The summed E-state index contributed by atoms with van der Waals surface area (Å²) >= 11 is 0. The van der Waals surface area contributed by atoms with Crippen molar-refractivity contribution in [3.63, 3.8) is 0 Å². The highest BCUT2D eigenvalue weighted by Gasteiger charge is 2.30. The van der Waals surface area contributed by atoms with Crippen LogP contribution < -0.4 is 24.0 Å². The van der Waals surface area contributed by atoms with Crippen molar-refractivity contribution in [2.24, 2.45) is 0 Å². The van der Waals surface area contributed by atoms with Crippen molar-refractivity contribution in [3.05, 3.63) is 17.7 Å². The van der Waals surface area contributed by atoms with Crippen LogP contribution in [-0.4, -0.2) is 53.6 Å². The molecule has 0 aromatic heterocycles. The average molecular weight is 365 g/mol. The molecule has 5 heteroatoms. The monoisotopic (exact) mass is 364 g/mol. The van der Waals surface area contributed by atoms with E-state index in [2.05, 4.69) is 6.07 Å². The molecule has 146 valence electrons. The van der Waals surface area contributed by atoms with Crippen molar-refractivity contribution in [2.75, 3.05) is 47.5 Å². The lowest BCUT2D eigenvalue weighted by Crippen LogP contribution is -3.29. The molecular formula is C21H36N2O3+2. The van der Waals surface area contributed by atoms with Gasteiger partial charge in [0.25, 0.3) is 0 Å². The molecule has 1 heterocycles. The highest BCUT2D eigenvalue weighted by Crippen LogP contribution is 2.34. The smallest absolute Gasteiger partial charge is 0.164 e. The zero-order valence-corrected chi connectivity index (χ0v) is 16.7. The molecule has 1 saturated heterocycles. The van der Waals surface area contributed by atoms with Crippen molar-refractivity contribution in [2.45, 2.75) is 51.1 Å². The summed E-state index contributed by atoms with van der Waals surface area (Å²) in [5, 5.41) is 0. The second-order valence-electron chi connectivity index (χ2n) is 7.79. The minimum atomic E-state index is 0.728. The maximum atomic E-state index is 5.60. The number of piperazine rings is 1. The average Bonchev–Trinajstić information content (AvgIpc) is 2.97. The van der Waals surface area contributed by atoms with E-state index in [1.807, 2.05) is 11.0 Å². The number of quaternary nitrogens is 2. The van der Waals surface area contributed by atoms with Gasteiger partial charge in [0.1, 0.15) is 38.5 Å². The number of nitrogens with one attached hydrogen (secondary N) is 2. The molecule has 2 N–H and O–H groups in total. The SMILES string of the molecule is COc1cc(OC)c(OC)cc1C[NH+]1CC[NH+](C2CCCCCC2)CC1. The molecule has 1 saturated carbocycles. The lowest BCUT2D eigenvalue weighted by atomic mass is 10.1. The summed E-state index contributed by atoms with van der Waals surface area (Å²) in [4.78, 5) is 3.50. The largest absolute Gasteiger partial charge is 0.496 e. The fourth-order valence-electron chi connectivity index (χ4n) is 4.70. The van der Waals surface area contributed by atoms with E-state index in [9.17, 15) is 0 Å². The van der Waals surface area contributed by atoms with Crippen molar-refractivity contribution in [1.82, 2.24) is 0 Å². The predicted molar refractivity (Wildman–Crippen MR) is 103 cm³/mol. The van der Waals surface area contributed by atoms with Gasteiger partial charge >= 0.3 is 0 Å². The van der Waals surface area contributed by atoms with Gasteiger partial charge in [-0.25, -0.2) is 0 Å². The van der Waals surface area contributed by atoms with Gasteiger partial charge < -0.3 is 24.0 Å². The van der Waals surface area contributed by atoms with Crippen molar-refractivity contribution < 1.29 is 24.0 Å². The minimum absolute atomic E-state index is 0.728. The van der Waals surface area contributed by atoms with Gasteiger partial charge in [0.15, 0.2) is 11.5 Å². The molecular weight excluding hydrogens is 328 g/mol. The Labute approximate surface area is 158 Å². The van der Waals surface area contributed by atoms with Crippen molar-refractivity contribution in [3.8, 4) is 17.2 Å². The topological polar surface area (TPSA) is 36.6 Å². The van der Waals surface area contributed by atoms with Crippen LogP contribution in [0.2, 0.25) is 0 Å². The molecule has 0 atom stereocenters. The van der Waals surface area contributed by atoms with E-state index < -0.39 is 0 Å². The van der Waals surface area contributed by atoms with Gasteiger partial charge in [-0.3, -0.25) is 0 Å². The number of rotatable bonds is 6. The molecule has 1 aromatic rings. The summed E-state index contributed by atoms with van der Waals surface area (Å²) in [6.45, 7) is 6.07. The first-order chi connectivity index (χ1) is 12.7. The number of ether oxygens (including phenoxy) is 3. The molecule has 3 rings (SSSR count). The molecule has 0 unspecified atom stereocenters. The van der Waals surface area contributed by atoms with Crippen LogP contribution in [-0.2, 0) is 6.54 Å². The van der Waals surface area contributed by atoms with Gasteiger partial charge in [0.05, 0.1) is 32.9 Å². The van der Waals surface area contributed by atoms with E-state index >= 15 is 0 Å². The Balaban J connectivity index is 1.60. The number of methoxy groups -OCH3 is 3. The summed E-state index contributed by atoms with van der Waals surface area (Å²) in [5.41, 5.74) is 1.21. The van der Waals surface area contributed by atoms with Crippen molar-refractivity contribution in [1.29, 1.82) is 0 Å². The Kier molecular flexibility index (Phi) is 7.03. The third kappa shape index (κ3) is 4.63. The van der Waals surface area contributed by atoms with Gasteiger partial charge in [-0.2, -0.15) is 0 Å². The fraction of sp³-hybridized carbons (Fsp3) is 0.714. The van der Waals surface area contributed by atoms with E-state index in [0.29, 0.717) is 0 Å². The molecule has 1 aliphatic heterocycles. The highest BCUT2D eigenvalue weighted by molar-refractivity contribution is 5.50. The van der Waals surface area contributed by atoms with Crippen LogP contribution in [0.3, 0.4) is 0 Å². The summed E-state index contributed by atoms with van der Waals surface area (Å²) in [6, 6.07) is 4.94. The molecule has 0 radical (unpaired) electrons. The maximum Gasteiger partial charge on any atom is 0.164 e. The molecule has 1 aliphatic carbocycles. The second-order valence-corrected chi connectivity index (χ2v) is 7.79. The molecule has 0 bridgehead atoms. The Hall–Kier alpha value is -1.46. The standard InChI is InChI=1S/C21H34N2O3/c1-24-19-15-21(26-3)20(25-2)14-17(19)16-22-10-12-23(13-11-22)18-8-6-4-5-7-9-18/h14-15,18H,4-13,16H2,1-3H3/p+2. The first kappa shape index (κ1) is 19.3. The van der Waals surface area contributed by atoms with Crippen LogP contribution in [0.5, 0.6) is 17.2 Å². The number of benzene rings is 1. The van der Waals surface area contributed by atoms with Gasteiger partial charge in [-0.05, 0) is 31.7 Å². The lowest BCUT2D eigenvalue weighted by Gasteiger charge is -2.34. The Bertz CT molecular complexity index is 563. The third-order valence-corrected chi connectivity index (χ3v) is 6.26. The second kappa shape index (κ2) is 9.47. The Morgan fingerprint density at radius 2 is 1.35 bits per heavy atom. The van der Waals surface area contributed by atoms with E-state index in [0.717, 1.165) is 29.8 Å². The van der Waals surface area contributed by atoms with Gasteiger partial charge in [0, 0.05) is 6.07 Å². The van der Waals surface area contributed by atoms with Gasteiger partial charge in [0.2, 0.25) is 0 Å². The molecule has 1 aromatic carbocycles. The molecule has 2 aliphatic rings. The van der Waals surface area contributed by atoms with Crippen molar-refractivity contribution >= 4 is 0 Å². The Morgan fingerprint density at radius 3 is 1.92 bits per heavy atom. The van der Waals surface area contributed by atoms with Crippen LogP contribution in [0, 0.1) is 0 Å². The van der Waals surface area contributed by atoms with E-state index in [4.69, 9.17) is 14.2 Å². The van der Waals surface area contributed by atoms with E-state index in [1.54, 1.807) is 26.2 Å². The zero-order valence-electron chi connectivity index (χ0n) is 16.7. The molecule has 5 nitrogen and oxygen atoms in total. The van der Waals surface area contributed by atoms with E-state index in [-0.39, 0.29) is 0 Å². The zero-order chi connectivity index (χ0) is 18.4. The summed E-state index contributed by atoms with van der Waals surface area (Å²) in [7, 11) is 5.09. The molecule has 0 spiro atoms. The first-order valence-corrected chi connectivity index (χ1v) is 10.2. The quantitative estimate of drug-likeness (QED) is 0.731. The van der Waals surface area contributed by atoms with Gasteiger partial charge in [-0.15, -0.1) is 0 Å². The van der Waals surface area contributed by atoms with Gasteiger partial charge in [-0.1, -0.05) is 12.8 Å². The van der Waals surface area contributed by atoms with E-state index in [1.165, 1.54) is 70.3 Å². The lowest BCUT2D eigenvalue weighted by molar-refractivity contribution is -1.03. The molecule has 0 amide bonds. The van der Waals surface area contributed by atoms with Crippen LogP contribution in [0.1, 0.15) is 44.1 Å². The van der Waals surface area contributed by atoms with Crippen LogP contribution >= 0.6 is 0 Å². The summed E-state index contributed by atoms with van der Waals surface area (Å²) in [6.07, 6.45) is 8.64.